The summed E-state index contributed by atoms with van der Waals surface area (Å²) in [6.07, 6.45) is -6.99. The molecule has 53 heavy (non-hydrogen) atoms. The molecule has 4 atom stereocenters. The molecule has 18 heteroatoms. The van der Waals surface area contributed by atoms with Crippen molar-refractivity contribution >= 4 is 50.6 Å². The maximum atomic E-state index is 14.9. The van der Waals surface area contributed by atoms with Crippen molar-refractivity contribution < 1.29 is 63.8 Å². The molecule has 2 amide bonds. The van der Waals surface area contributed by atoms with Crippen LogP contribution in [0.1, 0.15) is 49.0 Å². The molecule has 1 saturated heterocycles. The molecule has 0 aromatic heterocycles. The molecule has 1 heterocycles. The highest BCUT2D eigenvalue weighted by Gasteiger charge is 2.53. The minimum absolute atomic E-state index is 0.166. The first-order valence-electron chi connectivity index (χ1n) is 16.3. The summed E-state index contributed by atoms with van der Waals surface area (Å²) in [6.45, 7) is -0.452. The quantitative estimate of drug-likeness (QED) is 0.126. The van der Waals surface area contributed by atoms with Crippen molar-refractivity contribution in [2.45, 2.75) is 62.3 Å². The number of hydrogen-bond acceptors (Lipinski definition) is 9. The van der Waals surface area contributed by atoms with Crippen LogP contribution in [0, 0.1) is 17.8 Å². The predicted molar refractivity (Wildman–Crippen MR) is 182 cm³/mol. The molecule has 3 rings (SSSR count). The van der Waals surface area contributed by atoms with E-state index in [0.717, 1.165) is 10.2 Å². The van der Waals surface area contributed by atoms with Crippen LogP contribution >= 0.6 is 11.6 Å². The molecular formula is C35H40ClF5N2O9S. The molecule has 2 aromatic rings. The summed E-state index contributed by atoms with van der Waals surface area (Å²) in [5, 5.41) is -0.123. The Morgan fingerprint density at radius 2 is 1.62 bits per heavy atom. The van der Waals surface area contributed by atoms with E-state index in [-0.39, 0.29) is 17.2 Å². The summed E-state index contributed by atoms with van der Waals surface area (Å²) in [5.41, 5.74) is 0.526. The van der Waals surface area contributed by atoms with Crippen LogP contribution in [0.5, 0.6) is 5.75 Å². The van der Waals surface area contributed by atoms with E-state index in [1.807, 2.05) is 0 Å². The summed E-state index contributed by atoms with van der Waals surface area (Å²) >= 11 is 6.01. The van der Waals surface area contributed by atoms with E-state index in [9.17, 15) is 54.3 Å². The number of halogens is 6. The molecule has 11 nitrogen and oxygen atoms in total. The van der Waals surface area contributed by atoms with Crippen molar-refractivity contribution in [2.24, 2.45) is 17.8 Å². The van der Waals surface area contributed by atoms with Crippen LogP contribution in [-0.2, 0) is 39.5 Å². The zero-order valence-corrected chi connectivity index (χ0v) is 30.8. The monoisotopic (exact) mass is 794 g/mol. The summed E-state index contributed by atoms with van der Waals surface area (Å²) in [5.74, 6) is -16.2. The number of sulfone groups is 1. The van der Waals surface area contributed by atoms with Crippen LogP contribution in [0.3, 0.4) is 0 Å². The van der Waals surface area contributed by atoms with Crippen molar-refractivity contribution in [3.8, 4) is 5.75 Å². The number of Topliss-reactive ketones (excluding diaryl/α,β-unsaturated/α-hetero) is 3. The highest BCUT2D eigenvalue weighted by molar-refractivity contribution is 7.91. The van der Waals surface area contributed by atoms with Gasteiger partial charge in [0.15, 0.2) is 21.4 Å². The fourth-order valence-electron chi connectivity index (χ4n) is 5.96. The van der Waals surface area contributed by atoms with E-state index in [2.05, 4.69) is 0 Å². The lowest BCUT2D eigenvalue weighted by Gasteiger charge is -2.30. The Morgan fingerprint density at radius 3 is 2.17 bits per heavy atom. The lowest BCUT2D eigenvalue weighted by atomic mass is 9.82. The number of nitrogens with one attached hydrogen (secondary N) is 1. The van der Waals surface area contributed by atoms with Gasteiger partial charge in [-0.2, -0.15) is 22.0 Å². The Kier molecular flexibility index (Phi) is 14.7. The lowest BCUT2D eigenvalue weighted by molar-refractivity contribution is -0.167. The third-order valence-electron chi connectivity index (χ3n) is 8.85. The number of likely N-dealkylation sites (tertiary alicyclic amines) is 1. The highest BCUT2D eigenvalue weighted by atomic mass is 35.5. The molecule has 0 unspecified atom stereocenters. The smallest absolute Gasteiger partial charge is 0.405 e. The molecule has 292 valence electrons. The average Bonchev–Trinajstić information content (AvgIpc) is 3.55. The molecule has 0 aliphatic carbocycles. The summed E-state index contributed by atoms with van der Waals surface area (Å²) < 4.78 is 105. The molecule has 0 spiro atoms. The van der Waals surface area contributed by atoms with Gasteiger partial charge in [-0.15, -0.1) is 0 Å². The molecule has 1 aliphatic rings. The standard InChI is InChI=1S/C35H40ClF5N2O9S/c1-20(2)27(31(46)35(40,41)33(48)42-19-34(37,38)39)15-30(45)28-14-26(53(49,50)18-21-8-10-25(52-4)11-9-21)16-43(28)32(47)23(17-51-3)13-29(44)22-6-5-7-24(36)12-22/h5-12,20,23,26-28H,13-19H2,1-4H3,(H,42,48)/t23-,26+,27-,28-/m0/s1. The topological polar surface area (TPSA) is 153 Å². The number of rotatable bonds is 18. The number of ketones is 3. The molecule has 1 fully saturated rings. The lowest BCUT2D eigenvalue weighted by Crippen LogP contribution is -2.52. The van der Waals surface area contributed by atoms with Crippen LogP contribution in [0.25, 0.3) is 0 Å². The predicted octanol–water partition coefficient (Wildman–Crippen LogP) is 4.88. The van der Waals surface area contributed by atoms with Crippen molar-refractivity contribution in [1.82, 2.24) is 10.2 Å². The van der Waals surface area contributed by atoms with Crippen molar-refractivity contribution in [3.05, 3.63) is 64.7 Å². The van der Waals surface area contributed by atoms with E-state index in [1.165, 1.54) is 76.6 Å². The number of ether oxygens (including phenoxy) is 2. The van der Waals surface area contributed by atoms with Crippen molar-refractivity contribution in [2.75, 3.05) is 33.9 Å². The van der Waals surface area contributed by atoms with Gasteiger partial charge in [0.05, 0.1) is 36.7 Å². The van der Waals surface area contributed by atoms with Gasteiger partial charge in [-0.05, 0) is 42.2 Å². The van der Waals surface area contributed by atoms with Crippen molar-refractivity contribution in [1.29, 1.82) is 0 Å². The third-order valence-corrected chi connectivity index (χ3v) is 11.2. The molecule has 1 aliphatic heterocycles. The Bertz CT molecular complexity index is 1770. The highest BCUT2D eigenvalue weighted by Crippen LogP contribution is 2.34. The fraction of sp³-hybridized carbons (Fsp3) is 0.514. The second-order valence-electron chi connectivity index (χ2n) is 13.1. The first-order valence-corrected chi connectivity index (χ1v) is 18.4. The Hall–Kier alpha value is -3.96. The van der Waals surface area contributed by atoms with Gasteiger partial charge in [-0.1, -0.05) is 49.7 Å². The first-order chi connectivity index (χ1) is 24.6. The van der Waals surface area contributed by atoms with Crippen LogP contribution in [-0.4, -0.2) is 99.8 Å². The number of benzene rings is 2. The minimum Gasteiger partial charge on any atom is -0.497 e. The minimum atomic E-state index is -5.05. The number of carbonyl (C=O) groups excluding carboxylic acids is 5. The van der Waals surface area contributed by atoms with Crippen LogP contribution in [0.2, 0.25) is 5.02 Å². The molecule has 0 saturated carbocycles. The van der Waals surface area contributed by atoms with Gasteiger partial charge in [-0.25, -0.2) is 8.42 Å². The number of alkyl halides is 5. The normalized spacial score (nSPS) is 17.7. The maximum Gasteiger partial charge on any atom is 0.405 e. The largest absolute Gasteiger partial charge is 0.497 e. The van der Waals surface area contributed by atoms with E-state index >= 15 is 0 Å². The van der Waals surface area contributed by atoms with Gasteiger partial charge in [0, 0.05) is 43.0 Å². The van der Waals surface area contributed by atoms with Crippen LogP contribution < -0.4 is 10.1 Å². The molecule has 0 bridgehead atoms. The van der Waals surface area contributed by atoms with Gasteiger partial charge >= 0.3 is 12.1 Å². The molecule has 0 radical (unpaired) electrons. The van der Waals surface area contributed by atoms with Gasteiger partial charge in [0.25, 0.3) is 5.91 Å². The second-order valence-corrected chi connectivity index (χ2v) is 15.8. The number of nitrogens with zero attached hydrogens (tertiary/aromatic N) is 1. The second kappa shape index (κ2) is 17.9. The van der Waals surface area contributed by atoms with Crippen LogP contribution in [0.15, 0.2) is 48.5 Å². The summed E-state index contributed by atoms with van der Waals surface area (Å²) in [6, 6.07) is 10.4. The Balaban J connectivity index is 1.96. The van der Waals surface area contributed by atoms with E-state index < -0.39 is 118 Å². The van der Waals surface area contributed by atoms with Gasteiger partial charge in [0.1, 0.15) is 12.3 Å². The van der Waals surface area contributed by atoms with E-state index in [1.54, 1.807) is 0 Å². The zero-order chi connectivity index (χ0) is 39.9. The Morgan fingerprint density at radius 1 is 0.981 bits per heavy atom. The zero-order valence-electron chi connectivity index (χ0n) is 29.3. The number of amides is 2. The van der Waals surface area contributed by atoms with Gasteiger partial charge in [0.2, 0.25) is 11.7 Å². The molecular weight excluding hydrogens is 755 g/mol. The summed E-state index contributed by atoms with van der Waals surface area (Å²) in [4.78, 5) is 67.2. The van der Waals surface area contributed by atoms with E-state index in [0.29, 0.717) is 11.3 Å². The third kappa shape index (κ3) is 11.5. The van der Waals surface area contributed by atoms with Crippen LogP contribution in [0.4, 0.5) is 22.0 Å². The maximum absolute atomic E-state index is 14.9. The molecule has 2 aromatic carbocycles. The van der Waals surface area contributed by atoms with E-state index in [4.69, 9.17) is 21.1 Å². The fourth-order valence-corrected chi connectivity index (χ4v) is 7.90. The van der Waals surface area contributed by atoms with Crippen molar-refractivity contribution in [3.63, 3.8) is 0 Å². The number of methoxy groups -OCH3 is 2. The Labute approximate surface area is 308 Å². The van der Waals surface area contributed by atoms with Gasteiger partial charge in [-0.3, -0.25) is 24.0 Å². The summed E-state index contributed by atoms with van der Waals surface area (Å²) in [7, 11) is -1.44. The van der Waals surface area contributed by atoms with Gasteiger partial charge < -0.3 is 19.7 Å². The SMILES string of the molecule is COC[C@H](CC(=O)c1cccc(Cl)c1)C(=O)N1C[C@H](S(=O)(=O)Cc2ccc(OC)cc2)C[C@H]1C(=O)C[C@H](C(=O)C(F)(F)C(=O)NCC(F)(F)F)C(C)C. The number of carbonyl (C=O) groups is 5. The first kappa shape index (κ1) is 43.4. The molecule has 1 N–H and O–H groups in total. The number of hydrogen-bond donors (Lipinski definition) is 1. The average molecular weight is 795 g/mol.